The minimum atomic E-state index is -0.340. The summed E-state index contributed by atoms with van der Waals surface area (Å²) in [5, 5.41) is 0. The van der Waals surface area contributed by atoms with Crippen LogP contribution in [0.1, 0.15) is 22.3 Å². The van der Waals surface area contributed by atoms with E-state index in [1.807, 2.05) is 0 Å². The zero-order valence-corrected chi connectivity index (χ0v) is 20.4. The van der Waals surface area contributed by atoms with Gasteiger partial charge in [-0.05, 0) is 66.8 Å². The van der Waals surface area contributed by atoms with Gasteiger partial charge in [-0.25, -0.2) is 0 Å². The molecule has 0 bridgehead atoms. The third-order valence-electron chi connectivity index (χ3n) is 8.31. The maximum atomic E-state index is 2.36. The van der Waals surface area contributed by atoms with Crippen molar-refractivity contribution in [3.63, 3.8) is 0 Å². The Balaban J connectivity index is 1.54. The van der Waals surface area contributed by atoms with E-state index < -0.39 is 0 Å². The number of fused-ring (bicyclic) bond motifs is 10. The summed E-state index contributed by atoms with van der Waals surface area (Å²) < 4.78 is 0. The molecule has 8 rings (SSSR count). The van der Waals surface area contributed by atoms with Crippen LogP contribution in [0.5, 0.6) is 0 Å². The molecule has 0 nitrogen and oxygen atoms in total. The number of benzene rings is 6. The third kappa shape index (κ3) is 2.62. The molecule has 0 fully saturated rings. The lowest BCUT2D eigenvalue weighted by Gasteiger charge is -2.30. The standard InChI is InChI=1S/C37H24/c1-3-13-25(14-4-1)27-19-11-23-33-35(27)29-17-7-9-21-31(29)37(33)32-22-10-8-18-30(32)36-28(20-12-24-34(36)37)26-15-5-2-6-16-26/h1-24H. The second-order valence-corrected chi connectivity index (χ2v) is 10.0. The van der Waals surface area contributed by atoms with E-state index in [4.69, 9.17) is 0 Å². The minimum absolute atomic E-state index is 0.340. The Morgan fingerprint density at radius 2 is 0.622 bits per heavy atom. The van der Waals surface area contributed by atoms with E-state index >= 15 is 0 Å². The van der Waals surface area contributed by atoms with Gasteiger partial charge in [-0.2, -0.15) is 0 Å². The molecule has 0 atom stereocenters. The van der Waals surface area contributed by atoms with Crippen LogP contribution in [-0.4, -0.2) is 0 Å². The van der Waals surface area contributed by atoms with Crippen molar-refractivity contribution < 1.29 is 0 Å². The molecule has 0 radical (unpaired) electrons. The highest BCUT2D eigenvalue weighted by atomic mass is 14.5. The summed E-state index contributed by atoms with van der Waals surface area (Å²) in [5.41, 5.74) is 15.7. The maximum Gasteiger partial charge on any atom is 0.0725 e. The summed E-state index contributed by atoms with van der Waals surface area (Å²) in [6.45, 7) is 0. The Hall–Kier alpha value is -4.68. The highest BCUT2D eigenvalue weighted by Gasteiger charge is 2.52. The molecule has 0 heterocycles. The van der Waals surface area contributed by atoms with Crippen LogP contribution in [0, 0.1) is 0 Å². The smallest absolute Gasteiger partial charge is 0.0622 e. The Kier molecular flexibility index (Phi) is 4.24. The van der Waals surface area contributed by atoms with Crippen molar-refractivity contribution in [2.75, 3.05) is 0 Å². The van der Waals surface area contributed by atoms with Crippen LogP contribution in [0.4, 0.5) is 0 Å². The Bertz CT molecular complexity index is 1670. The van der Waals surface area contributed by atoms with Gasteiger partial charge in [0.25, 0.3) is 0 Å². The maximum absolute atomic E-state index is 2.36. The molecule has 6 aromatic carbocycles. The molecule has 1 spiro atoms. The van der Waals surface area contributed by atoms with E-state index in [1.165, 1.54) is 66.8 Å². The molecule has 0 aromatic heterocycles. The highest BCUT2D eigenvalue weighted by Crippen LogP contribution is 2.65. The quantitative estimate of drug-likeness (QED) is 0.237. The lowest BCUT2D eigenvalue weighted by molar-refractivity contribution is 0.794. The van der Waals surface area contributed by atoms with E-state index in [-0.39, 0.29) is 5.41 Å². The fraction of sp³-hybridized carbons (Fsp3) is 0.0270. The van der Waals surface area contributed by atoms with E-state index in [9.17, 15) is 0 Å². The van der Waals surface area contributed by atoms with Gasteiger partial charge in [0.05, 0.1) is 5.41 Å². The molecular weight excluding hydrogens is 444 g/mol. The average Bonchev–Trinajstić information content (AvgIpc) is 3.46. The first-order valence-electron chi connectivity index (χ1n) is 13.0. The monoisotopic (exact) mass is 468 g/mol. The van der Waals surface area contributed by atoms with Crippen LogP contribution in [0.3, 0.4) is 0 Å². The molecule has 0 saturated carbocycles. The second kappa shape index (κ2) is 7.66. The number of hydrogen-bond acceptors (Lipinski definition) is 0. The third-order valence-corrected chi connectivity index (χ3v) is 8.31. The molecule has 0 heteroatoms. The van der Waals surface area contributed by atoms with Crippen molar-refractivity contribution in [1.82, 2.24) is 0 Å². The van der Waals surface area contributed by atoms with Crippen LogP contribution in [0.2, 0.25) is 0 Å². The molecule has 172 valence electrons. The van der Waals surface area contributed by atoms with Crippen LogP contribution in [0.25, 0.3) is 44.5 Å². The van der Waals surface area contributed by atoms with Crippen LogP contribution in [-0.2, 0) is 5.41 Å². The highest BCUT2D eigenvalue weighted by molar-refractivity contribution is 6.02. The fourth-order valence-corrected chi connectivity index (χ4v) is 6.95. The zero-order valence-electron chi connectivity index (χ0n) is 20.4. The van der Waals surface area contributed by atoms with Crippen molar-refractivity contribution >= 4 is 0 Å². The predicted octanol–water partition coefficient (Wildman–Crippen LogP) is 9.36. The van der Waals surface area contributed by atoms with Crippen molar-refractivity contribution in [1.29, 1.82) is 0 Å². The number of rotatable bonds is 2. The van der Waals surface area contributed by atoms with Gasteiger partial charge in [-0.15, -0.1) is 0 Å². The van der Waals surface area contributed by atoms with Gasteiger partial charge in [0.2, 0.25) is 0 Å². The topological polar surface area (TPSA) is 0 Å². The average molecular weight is 469 g/mol. The molecular formula is C37H24. The van der Waals surface area contributed by atoms with E-state index in [0.29, 0.717) is 0 Å². The molecule has 0 unspecified atom stereocenters. The summed E-state index contributed by atoms with van der Waals surface area (Å²) in [7, 11) is 0. The van der Waals surface area contributed by atoms with Gasteiger partial charge in [0, 0.05) is 0 Å². The Morgan fingerprint density at radius 1 is 0.270 bits per heavy atom. The lowest BCUT2D eigenvalue weighted by Crippen LogP contribution is -2.25. The van der Waals surface area contributed by atoms with Gasteiger partial charge >= 0.3 is 0 Å². The van der Waals surface area contributed by atoms with E-state index in [1.54, 1.807) is 0 Å². The molecule has 0 N–H and O–H groups in total. The molecule has 0 saturated heterocycles. The summed E-state index contributed by atoms with van der Waals surface area (Å²) >= 11 is 0. The minimum Gasteiger partial charge on any atom is -0.0622 e. The SMILES string of the molecule is c1ccc(-c2cccc3c2-c2ccccc2C32c3ccccc3-c3c(-c4ccccc4)cccc32)cc1. The second-order valence-electron chi connectivity index (χ2n) is 10.0. The summed E-state index contributed by atoms with van der Waals surface area (Å²) in [5.74, 6) is 0. The van der Waals surface area contributed by atoms with Gasteiger partial charge in [0.1, 0.15) is 0 Å². The molecule has 37 heavy (non-hydrogen) atoms. The first-order chi connectivity index (χ1) is 18.4. The van der Waals surface area contributed by atoms with Gasteiger partial charge in [-0.1, -0.05) is 146 Å². The largest absolute Gasteiger partial charge is 0.0725 e. The first-order valence-corrected chi connectivity index (χ1v) is 13.0. The fourth-order valence-electron chi connectivity index (χ4n) is 6.95. The van der Waals surface area contributed by atoms with Gasteiger partial charge in [-0.3, -0.25) is 0 Å². The van der Waals surface area contributed by atoms with E-state index in [0.717, 1.165) is 0 Å². The van der Waals surface area contributed by atoms with Crippen molar-refractivity contribution in [3.8, 4) is 44.5 Å². The van der Waals surface area contributed by atoms with Crippen LogP contribution in [0.15, 0.2) is 146 Å². The molecule has 6 aromatic rings. The van der Waals surface area contributed by atoms with Crippen molar-refractivity contribution in [2.45, 2.75) is 5.41 Å². The van der Waals surface area contributed by atoms with Gasteiger partial charge in [0.15, 0.2) is 0 Å². The molecule has 0 aliphatic heterocycles. The van der Waals surface area contributed by atoms with Crippen molar-refractivity contribution in [2.24, 2.45) is 0 Å². The van der Waals surface area contributed by atoms with Crippen molar-refractivity contribution in [3.05, 3.63) is 168 Å². The lowest BCUT2D eigenvalue weighted by atomic mass is 9.70. The van der Waals surface area contributed by atoms with Crippen LogP contribution < -0.4 is 0 Å². The Labute approximate surface area is 217 Å². The van der Waals surface area contributed by atoms with Crippen LogP contribution >= 0.6 is 0 Å². The summed E-state index contributed by atoms with van der Waals surface area (Å²) in [6, 6.07) is 53.6. The predicted molar refractivity (Wildman–Crippen MR) is 154 cm³/mol. The normalized spacial score (nSPS) is 13.6. The zero-order chi connectivity index (χ0) is 24.4. The Morgan fingerprint density at radius 3 is 1.08 bits per heavy atom. The van der Waals surface area contributed by atoms with Gasteiger partial charge < -0.3 is 0 Å². The molecule has 2 aliphatic rings. The molecule has 0 amide bonds. The number of hydrogen-bond donors (Lipinski definition) is 0. The summed E-state index contributed by atoms with van der Waals surface area (Å²) in [6.07, 6.45) is 0. The molecule has 2 aliphatic carbocycles. The first kappa shape index (κ1) is 20.5. The van der Waals surface area contributed by atoms with E-state index in [2.05, 4.69) is 146 Å². The summed E-state index contributed by atoms with van der Waals surface area (Å²) in [4.78, 5) is 0.